The van der Waals surface area contributed by atoms with Crippen LogP contribution in [0.2, 0.25) is 0 Å². The normalized spacial score (nSPS) is 19.8. The van der Waals surface area contributed by atoms with E-state index < -0.39 is 6.10 Å². The summed E-state index contributed by atoms with van der Waals surface area (Å²) in [6.45, 7) is 1.62. The van der Waals surface area contributed by atoms with Gasteiger partial charge in [-0.3, -0.25) is 0 Å². The van der Waals surface area contributed by atoms with Crippen molar-refractivity contribution in [3.8, 4) is 0 Å². The molecule has 1 saturated carbocycles. The van der Waals surface area contributed by atoms with Crippen LogP contribution < -0.4 is 5.32 Å². The molecule has 1 aliphatic rings. The molecule has 0 aromatic heterocycles. The number of benzene rings is 1. The van der Waals surface area contributed by atoms with Crippen LogP contribution in [0.25, 0.3) is 0 Å². The van der Waals surface area contributed by atoms with Crippen LogP contribution in [0.15, 0.2) is 28.7 Å². The summed E-state index contributed by atoms with van der Waals surface area (Å²) < 4.78 is 1.40. The largest absolute Gasteiger partial charge is 0.387 e. The number of hydrogen-bond donors (Lipinski definition) is 2. The van der Waals surface area contributed by atoms with E-state index in [1.165, 1.54) is 32.1 Å². The molecule has 0 amide bonds. The number of aliphatic hydroxyl groups excluding tert-OH is 1. The van der Waals surface area contributed by atoms with Crippen molar-refractivity contribution in [2.75, 3.05) is 19.3 Å². The zero-order valence-corrected chi connectivity index (χ0v) is 14.5. The molecule has 1 aliphatic carbocycles. The van der Waals surface area contributed by atoms with E-state index in [1.54, 1.807) is 0 Å². The molecule has 4 heteroatoms. The maximum absolute atomic E-state index is 10.2. The minimum atomic E-state index is -0.435. The second kappa shape index (κ2) is 7.83. The van der Waals surface area contributed by atoms with E-state index in [1.807, 2.05) is 36.0 Å². The molecule has 0 spiro atoms. The van der Waals surface area contributed by atoms with Gasteiger partial charge in [-0.2, -0.15) is 11.8 Å². The summed E-state index contributed by atoms with van der Waals surface area (Å²) in [5.41, 5.74) is 0.966. The third-order valence-corrected chi connectivity index (χ3v) is 6.13. The summed E-state index contributed by atoms with van der Waals surface area (Å²) in [6, 6.07) is 7.90. The number of aliphatic hydroxyl groups is 1. The Morgan fingerprint density at radius 3 is 2.75 bits per heavy atom. The quantitative estimate of drug-likeness (QED) is 0.802. The smallest absolute Gasteiger partial charge is 0.0914 e. The summed E-state index contributed by atoms with van der Waals surface area (Å²) in [4.78, 5) is 0. The Morgan fingerprint density at radius 1 is 1.35 bits per heavy atom. The second-order valence-corrected chi connectivity index (χ2v) is 7.84. The van der Waals surface area contributed by atoms with E-state index in [-0.39, 0.29) is 0 Å². The van der Waals surface area contributed by atoms with Crippen LogP contribution in [0.3, 0.4) is 0 Å². The van der Waals surface area contributed by atoms with Gasteiger partial charge in [-0.1, -0.05) is 47.3 Å². The SMILES string of the molecule is CSC1(CNCC(O)c2cccc(Br)c2)CCCCC1. The summed E-state index contributed by atoms with van der Waals surface area (Å²) in [5.74, 6) is 0. The Hall–Kier alpha value is -0.0300. The Labute approximate surface area is 134 Å². The lowest BCUT2D eigenvalue weighted by molar-refractivity contribution is 0.172. The standard InChI is InChI=1S/C16H24BrNOS/c1-20-16(8-3-2-4-9-16)12-18-11-15(19)13-6-5-7-14(17)10-13/h5-7,10,15,18-19H,2-4,8-9,11-12H2,1H3. The van der Waals surface area contributed by atoms with Gasteiger partial charge in [0.2, 0.25) is 0 Å². The lowest BCUT2D eigenvalue weighted by atomic mass is 9.88. The van der Waals surface area contributed by atoms with Crippen LogP contribution in [0.4, 0.5) is 0 Å². The first kappa shape index (κ1) is 16.3. The predicted octanol–water partition coefficient (Wildman–Crippen LogP) is 4.14. The van der Waals surface area contributed by atoms with Crippen LogP contribution in [-0.4, -0.2) is 29.2 Å². The molecule has 0 aliphatic heterocycles. The number of hydrogen-bond acceptors (Lipinski definition) is 3. The summed E-state index contributed by atoms with van der Waals surface area (Å²) in [6.07, 6.45) is 8.45. The molecule has 20 heavy (non-hydrogen) atoms. The van der Waals surface area contributed by atoms with Gasteiger partial charge < -0.3 is 10.4 Å². The Bertz CT molecular complexity index is 421. The average Bonchev–Trinajstić information content (AvgIpc) is 2.48. The maximum Gasteiger partial charge on any atom is 0.0914 e. The monoisotopic (exact) mass is 357 g/mol. The molecule has 1 unspecified atom stereocenters. The Balaban J connectivity index is 1.82. The summed E-state index contributed by atoms with van der Waals surface area (Å²) in [5, 5.41) is 13.7. The van der Waals surface area contributed by atoms with E-state index in [0.29, 0.717) is 11.3 Å². The molecule has 1 atom stereocenters. The van der Waals surface area contributed by atoms with Crippen molar-refractivity contribution in [2.45, 2.75) is 43.0 Å². The van der Waals surface area contributed by atoms with Gasteiger partial charge in [0.15, 0.2) is 0 Å². The van der Waals surface area contributed by atoms with Crippen LogP contribution in [0.5, 0.6) is 0 Å². The van der Waals surface area contributed by atoms with Gasteiger partial charge in [-0.05, 0) is 36.8 Å². The number of nitrogens with one attached hydrogen (secondary N) is 1. The van der Waals surface area contributed by atoms with Gasteiger partial charge in [-0.25, -0.2) is 0 Å². The lowest BCUT2D eigenvalue weighted by Gasteiger charge is -2.36. The summed E-state index contributed by atoms with van der Waals surface area (Å²) in [7, 11) is 0. The highest BCUT2D eigenvalue weighted by Gasteiger charge is 2.30. The highest BCUT2D eigenvalue weighted by molar-refractivity contribution is 9.10. The third-order valence-electron chi connectivity index (χ3n) is 4.22. The Morgan fingerprint density at radius 2 is 2.10 bits per heavy atom. The molecule has 0 radical (unpaired) electrons. The molecular formula is C16H24BrNOS. The molecule has 2 rings (SSSR count). The lowest BCUT2D eigenvalue weighted by Crippen LogP contribution is -2.40. The number of thioether (sulfide) groups is 1. The van der Waals surface area contributed by atoms with E-state index in [0.717, 1.165) is 16.6 Å². The van der Waals surface area contributed by atoms with Gasteiger partial charge in [0, 0.05) is 22.3 Å². The third kappa shape index (κ3) is 4.48. The molecular weight excluding hydrogens is 334 g/mol. The minimum Gasteiger partial charge on any atom is -0.387 e. The van der Waals surface area contributed by atoms with Crippen molar-refractivity contribution in [3.05, 3.63) is 34.3 Å². The van der Waals surface area contributed by atoms with Crippen molar-refractivity contribution in [3.63, 3.8) is 0 Å². The molecule has 1 aromatic rings. The van der Waals surface area contributed by atoms with Crippen LogP contribution >= 0.6 is 27.7 Å². The zero-order chi connectivity index (χ0) is 14.4. The fourth-order valence-electron chi connectivity index (χ4n) is 2.92. The van der Waals surface area contributed by atoms with Gasteiger partial charge in [0.05, 0.1) is 6.10 Å². The predicted molar refractivity (Wildman–Crippen MR) is 91.3 cm³/mol. The molecule has 1 fully saturated rings. The molecule has 2 N–H and O–H groups in total. The van der Waals surface area contributed by atoms with Gasteiger partial charge in [0.25, 0.3) is 0 Å². The van der Waals surface area contributed by atoms with E-state index in [9.17, 15) is 5.11 Å². The van der Waals surface area contributed by atoms with Crippen LogP contribution in [-0.2, 0) is 0 Å². The first-order valence-electron chi connectivity index (χ1n) is 7.35. The minimum absolute atomic E-state index is 0.384. The molecule has 0 bridgehead atoms. The number of halogens is 1. The molecule has 1 aromatic carbocycles. The van der Waals surface area contributed by atoms with Crippen molar-refractivity contribution >= 4 is 27.7 Å². The Kier molecular flexibility index (Phi) is 6.40. The van der Waals surface area contributed by atoms with E-state index in [2.05, 4.69) is 27.5 Å². The van der Waals surface area contributed by atoms with Gasteiger partial charge >= 0.3 is 0 Å². The van der Waals surface area contributed by atoms with Crippen molar-refractivity contribution < 1.29 is 5.11 Å². The fourth-order valence-corrected chi connectivity index (χ4v) is 4.28. The van der Waals surface area contributed by atoms with Gasteiger partial charge in [-0.15, -0.1) is 0 Å². The first-order chi connectivity index (χ1) is 9.65. The average molecular weight is 358 g/mol. The molecule has 112 valence electrons. The topological polar surface area (TPSA) is 32.3 Å². The molecule has 2 nitrogen and oxygen atoms in total. The van der Waals surface area contributed by atoms with Crippen molar-refractivity contribution in [1.29, 1.82) is 0 Å². The summed E-state index contributed by atoms with van der Waals surface area (Å²) >= 11 is 5.44. The number of rotatable bonds is 6. The second-order valence-electron chi connectivity index (χ2n) is 5.65. The van der Waals surface area contributed by atoms with E-state index in [4.69, 9.17) is 0 Å². The van der Waals surface area contributed by atoms with Crippen LogP contribution in [0.1, 0.15) is 43.8 Å². The molecule has 0 saturated heterocycles. The van der Waals surface area contributed by atoms with Gasteiger partial charge in [0.1, 0.15) is 0 Å². The van der Waals surface area contributed by atoms with Crippen molar-refractivity contribution in [2.24, 2.45) is 0 Å². The first-order valence-corrected chi connectivity index (χ1v) is 9.36. The highest BCUT2D eigenvalue weighted by Crippen LogP contribution is 2.38. The van der Waals surface area contributed by atoms with Crippen molar-refractivity contribution in [1.82, 2.24) is 5.32 Å². The molecule has 0 heterocycles. The van der Waals surface area contributed by atoms with E-state index >= 15 is 0 Å². The highest BCUT2D eigenvalue weighted by atomic mass is 79.9. The van der Waals surface area contributed by atoms with Crippen LogP contribution in [0, 0.1) is 0 Å². The fraction of sp³-hybridized carbons (Fsp3) is 0.625. The maximum atomic E-state index is 10.2. The zero-order valence-electron chi connectivity index (χ0n) is 12.1.